The number of anilines is 1. The first-order valence-electron chi connectivity index (χ1n) is 9.30. The molecule has 0 atom stereocenters. The fourth-order valence-electron chi connectivity index (χ4n) is 3.01. The number of pyridine rings is 1. The summed E-state index contributed by atoms with van der Waals surface area (Å²) >= 11 is 6.12. The molecule has 0 saturated heterocycles. The number of aromatic nitrogens is 1. The van der Waals surface area contributed by atoms with Crippen LogP contribution >= 0.6 is 11.6 Å². The number of aryl methyl sites for hydroxylation is 1. The predicted molar refractivity (Wildman–Crippen MR) is 116 cm³/mol. The van der Waals surface area contributed by atoms with Crippen molar-refractivity contribution in [3.8, 4) is 5.75 Å². The van der Waals surface area contributed by atoms with Crippen molar-refractivity contribution in [2.45, 2.75) is 6.92 Å². The second kappa shape index (κ2) is 8.57. The third-order valence-corrected chi connectivity index (χ3v) is 4.77. The maximum atomic E-state index is 13.4. The van der Waals surface area contributed by atoms with E-state index >= 15 is 0 Å². The number of methoxy groups -OCH3 is 1. The zero-order valence-corrected chi connectivity index (χ0v) is 17.4. The standard InChI is InChI=1S/C23H17ClFN3O3/c1-13-5-3-8-20(26-13)28-22(29)16-11-14-6-4-7-19(30-2)21(14)31-23(16)27-18-10-9-15(25)12-17(18)24/h3-12H,1-2H3,(H,26,28,29). The monoisotopic (exact) mass is 437 g/mol. The highest BCUT2D eigenvalue weighted by Gasteiger charge is 2.16. The lowest BCUT2D eigenvalue weighted by Gasteiger charge is -2.09. The molecular formula is C23H17ClFN3O3. The van der Waals surface area contributed by atoms with E-state index in [9.17, 15) is 9.18 Å². The summed E-state index contributed by atoms with van der Waals surface area (Å²) in [7, 11) is 1.52. The third kappa shape index (κ3) is 4.41. The van der Waals surface area contributed by atoms with Crippen LogP contribution in [0.2, 0.25) is 5.02 Å². The van der Waals surface area contributed by atoms with Gasteiger partial charge in [0.05, 0.1) is 17.8 Å². The average molecular weight is 438 g/mol. The topological polar surface area (TPSA) is 76.7 Å². The molecule has 4 rings (SSSR count). The number of nitrogens with zero attached hydrogens (tertiary/aromatic N) is 2. The lowest BCUT2D eigenvalue weighted by atomic mass is 10.1. The molecule has 0 aliphatic heterocycles. The fraction of sp³-hybridized carbons (Fsp3) is 0.0870. The first-order valence-corrected chi connectivity index (χ1v) is 9.68. The van der Waals surface area contributed by atoms with Gasteiger partial charge in [-0.05, 0) is 49.4 Å². The van der Waals surface area contributed by atoms with Crippen molar-refractivity contribution >= 4 is 40.0 Å². The minimum Gasteiger partial charge on any atom is -0.493 e. The van der Waals surface area contributed by atoms with E-state index in [1.807, 2.05) is 13.0 Å². The van der Waals surface area contributed by atoms with Crippen LogP contribution in [0.25, 0.3) is 11.0 Å². The van der Waals surface area contributed by atoms with Gasteiger partial charge in [0, 0.05) is 11.1 Å². The first-order chi connectivity index (χ1) is 14.9. The molecule has 156 valence electrons. The second-order valence-corrected chi connectivity index (χ2v) is 7.08. The Balaban J connectivity index is 1.91. The highest BCUT2D eigenvalue weighted by molar-refractivity contribution is 6.32. The minimum absolute atomic E-state index is 0.00402. The van der Waals surface area contributed by atoms with Gasteiger partial charge in [-0.2, -0.15) is 0 Å². The van der Waals surface area contributed by atoms with Crippen molar-refractivity contribution in [1.82, 2.24) is 4.98 Å². The van der Waals surface area contributed by atoms with Gasteiger partial charge in [-0.1, -0.05) is 29.8 Å². The molecule has 0 saturated carbocycles. The summed E-state index contributed by atoms with van der Waals surface area (Å²) in [6.07, 6.45) is 0. The van der Waals surface area contributed by atoms with Gasteiger partial charge in [0.25, 0.3) is 5.91 Å². The number of carbonyl (C=O) groups is 1. The summed E-state index contributed by atoms with van der Waals surface area (Å²) in [5.41, 5.74) is 1.57. The van der Waals surface area contributed by atoms with E-state index in [0.29, 0.717) is 22.5 Å². The van der Waals surface area contributed by atoms with Crippen LogP contribution in [0.5, 0.6) is 5.75 Å². The van der Waals surface area contributed by atoms with Crippen molar-refractivity contribution in [3.05, 3.63) is 88.3 Å². The summed E-state index contributed by atoms with van der Waals surface area (Å²) in [6, 6.07) is 16.0. The molecule has 8 heteroatoms. The molecule has 31 heavy (non-hydrogen) atoms. The van der Waals surface area contributed by atoms with Crippen LogP contribution in [-0.2, 0) is 0 Å². The summed E-state index contributed by atoms with van der Waals surface area (Å²) in [4.78, 5) is 21.8. The van der Waals surface area contributed by atoms with Gasteiger partial charge in [0.2, 0.25) is 5.55 Å². The number of halogens is 2. The van der Waals surface area contributed by atoms with Gasteiger partial charge < -0.3 is 14.5 Å². The molecule has 4 aromatic rings. The molecule has 0 radical (unpaired) electrons. The van der Waals surface area contributed by atoms with Crippen molar-refractivity contribution in [3.63, 3.8) is 0 Å². The van der Waals surface area contributed by atoms with Crippen molar-refractivity contribution in [1.29, 1.82) is 0 Å². The van der Waals surface area contributed by atoms with E-state index in [1.54, 1.807) is 36.4 Å². The number of nitrogens with one attached hydrogen (secondary N) is 1. The van der Waals surface area contributed by atoms with Crippen molar-refractivity contribution in [2.24, 2.45) is 4.99 Å². The number of ether oxygens (including phenoxy) is 1. The van der Waals surface area contributed by atoms with Crippen molar-refractivity contribution < 1.29 is 18.3 Å². The van der Waals surface area contributed by atoms with Gasteiger partial charge in [-0.25, -0.2) is 14.4 Å². The van der Waals surface area contributed by atoms with E-state index in [4.69, 9.17) is 20.8 Å². The molecule has 0 aliphatic carbocycles. The number of rotatable bonds is 4. The Morgan fingerprint density at radius 1 is 1.16 bits per heavy atom. The molecule has 0 unspecified atom stereocenters. The summed E-state index contributed by atoms with van der Waals surface area (Å²) in [5, 5.41) is 3.48. The summed E-state index contributed by atoms with van der Waals surface area (Å²) < 4.78 is 24.8. The number of benzene rings is 2. The lowest BCUT2D eigenvalue weighted by Crippen LogP contribution is -2.22. The van der Waals surface area contributed by atoms with Gasteiger partial charge in [0.15, 0.2) is 11.3 Å². The van der Waals surface area contributed by atoms with Crippen LogP contribution in [-0.4, -0.2) is 18.0 Å². The Hall–Kier alpha value is -3.71. The molecule has 1 amide bonds. The zero-order valence-electron chi connectivity index (χ0n) is 16.6. The van der Waals surface area contributed by atoms with Crippen LogP contribution in [0.4, 0.5) is 15.9 Å². The summed E-state index contributed by atoms with van der Waals surface area (Å²) in [6.45, 7) is 1.82. The number of carbonyl (C=O) groups excluding carboxylic acids is 1. The van der Waals surface area contributed by atoms with E-state index in [-0.39, 0.29) is 21.8 Å². The molecule has 0 fully saturated rings. The zero-order chi connectivity index (χ0) is 22.0. The highest BCUT2D eigenvalue weighted by Crippen LogP contribution is 2.27. The lowest BCUT2D eigenvalue weighted by molar-refractivity contribution is 0.102. The molecule has 2 aromatic heterocycles. The Morgan fingerprint density at radius 3 is 2.71 bits per heavy atom. The largest absolute Gasteiger partial charge is 0.493 e. The Bertz CT molecular complexity index is 1370. The maximum absolute atomic E-state index is 13.4. The molecule has 0 bridgehead atoms. The minimum atomic E-state index is -0.496. The smallest absolute Gasteiger partial charge is 0.262 e. The predicted octanol–water partition coefficient (Wildman–Crippen LogP) is 5.42. The number of hydrogen-bond donors (Lipinski definition) is 1. The Kier molecular flexibility index (Phi) is 5.68. The average Bonchev–Trinajstić information content (AvgIpc) is 2.74. The fourth-order valence-corrected chi connectivity index (χ4v) is 3.22. The van der Waals surface area contributed by atoms with Crippen LogP contribution in [0.1, 0.15) is 16.1 Å². The van der Waals surface area contributed by atoms with Crippen LogP contribution in [0.15, 0.2) is 70.1 Å². The Labute approximate surface area is 182 Å². The van der Waals surface area contributed by atoms with E-state index in [2.05, 4.69) is 15.3 Å². The molecule has 0 aliphatic rings. The van der Waals surface area contributed by atoms with Gasteiger partial charge in [0.1, 0.15) is 17.2 Å². The van der Waals surface area contributed by atoms with Crippen LogP contribution in [0.3, 0.4) is 0 Å². The normalized spacial score (nSPS) is 11.5. The quantitative estimate of drug-likeness (QED) is 0.462. The molecule has 2 heterocycles. The molecule has 2 aromatic carbocycles. The maximum Gasteiger partial charge on any atom is 0.262 e. The number of fused-ring (bicyclic) bond motifs is 1. The SMILES string of the molecule is COc1cccc2cc(C(=O)Nc3cccc(C)n3)c(=Nc3ccc(F)cc3Cl)oc12. The molecule has 6 nitrogen and oxygen atoms in total. The molecule has 0 spiro atoms. The van der Waals surface area contributed by atoms with Crippen molar-refractivity contribution in [2.75, 3.05) is 12.4 Å². The van der Waals surface area contributed by atoms with E-state index < -0.39 is 11.7 Å². The van der Waals surface area contributed by atoms with Crippen LogP contribution in [0, 0.1) is 12.7 Å². The highest BCUT2D eigenvalue weighted by atomic mass is 35.5. The first kappa shape index (κ1) is 20.6. The molecule has 1 N–H and O–H groups in total. The van der Waals surface area contributed by atoms with Gasteiger partial charge in [-0.15, -0.1) is 0 Å². The Morgan fingerprint density at radius 2 is 1.97 bits per heavy atom. The number of hydrogen-bond acceptors (Lipinski definition) is 5. The second-order valence-electron chi connectivity index (χ2n) is 6.67. The van der Waals surface area contributed by atoms with Crippen LogP contribution < -0.4 is 15.6 Å². The molecular weight excluding hydrogens is 421 g/mol. The number of para-hydroxylation sites is 1. The number of amides is 1. The van der Waals surface area contributed by atoms with Gasteiger partial charge in [-0.3, -0.25) is 4.79 Å². The van der Waals surface area contributed by atoms with E-state index in [1.165, 1.54) is 19.2 Å². The van der Waals surface area contributed by atoms with E-state index in [0.717, 1.165) is 11.8 Å². The third-order valence-electron chi connectivity index (χ3n) is 4.46. The summed E-state index contributed by atoms with van der Waals surface area (Å²) in [5.74, 6) is -0.0962. The van der Waals surface area contributed by atoms with Gasteiger partial charge >= 0.3 is 0 Å².